The Bertz CT molecular complexity index is 13.5. The van der Waals surface area contributed by atoms with Gasteiger partial charge in [-0.25, -0.2) is 0 Å². The van der Waals surface area contributed by atoms with Crippen molar-refractivity contribution in [1.82, 2.24) is 0 Å². The van der Waals surface area contributed by atoms with Crippen molar-refractivity contribution in [3.63, 3.8) is 0 Å². The number of rotatable bonds is 0. The van der Waals surface area contributed by atoms with Gasteiger partial charge in [-0.05, 0) is 0 Å². The molecule has 0 aliphatic carbocycles. The fourth-order valence-corrected chi connectivity index (χ4v) is 0. The van der Waals surface area contributed by atoms with Crippen LogP contribution in [0.4, 0.5) is 0 Å². The van der Waals surface area contributed by atoms with Crippen LogP contribution in [0.5, 0.6) is 0 Å². The Morgan fingerprint density at radius 2 is 1.75 bits per heavy atom. The molecule has 0 unspecified atom stereocenters. The van der Waals surface area contributed by atoms with E-state index in [0.717, 1.165) is 0 Å². The van der Waals surface area contributed by atoms with E-state index >= 15 is 0 Å². The standard InChI is InChI=1S/CH2O2.In/c2-1-3;/h1H,(H,2,3);/q;+1/p-1. The van der Waals surface area contributed by atoms with Crippen LogP contribution in [-0.4, -0.2) is 32.3 Å². The molecule has 0 N–H and O–H groups in total. The van der Waals surface area contributed by atoms with Gasteiger partial charge in [-0.1, -0.05) is 0 Å². The van der Waals surface area contributed by atoms with Gasteiger partial charge in [-0.3, -0.25) is 0 Å². The zero-order valence-corrected chi connectivity index (χ0v) is 5.27. The summed E-state index contributed by atoms with van der Waals surface area (Å²) in [5.41, 5.74) is 0. The molecule has 2 nitrogen and oxygen atoms in total. The predicted octanol–water partition coefficient (Wildman–Crippen LogP) is -2.01. The Morgan fingerprint density at radius 3 is 1.75 bits per heavy atom. The molecule has 0 spiro atoms. The van der Waals surface area contributed by atoms with Gasteiger partial charge in [-0.15, -0.1) is 0 Å². The summed E-state index contributed by atoms with van der Waals surface area (Å²) in [7, 11) is 0. The molecule has 0 fully saturated rings. The monoisotopic (exact) mass is 160 g/mol. The van der Waals surface area contributed by atoms with Gasteiger partial charge in [0.05, 0.1) is 0 Å². The molecule has 0 heterocycles. The fraction of sp³-hybridized carbons (Fsp3) is 0. The quantitative estimate of drug-likeness (QED) is 0.384. The van der Waals surface area contributed by atoms with Gasteiger partial charge in [0.15, 0.2) is 0 Å². The van der Waals surface area contributed by atoms with Crippen molar-refractivity contribution in [2.45, 2.75) is 0 Å². The third-order valence-corrected chi connectivity index (χ3v) is 0. The fourth-order valence-electron chi connectivity index (χ4n) is 0. The number of hydrogen-bond donors (Lipinski definition) is 0. The molecule has 0 rings (SSSR count). The second-order valence-corrected chi connectivity index (χ2v) is 0.0962. The summed E-state index contributed by atoms with van der Waals surface area (Å²) in [4.78, 5) is 8.25. The van der Waals surface area contributed by atoms with Crippen molar-refractivity contribution in [2.75, 3.05) is 0 Å². The van der Waals surface area contributed by atoms with Crippen LogP contribution >= 0.6 is 0 Å². The minimum absolute atomic E-state index is 0. The Hall–Kier alpha value is 0.340. The largest absolute Gasteiger partial charge is 1.00 e. The molecule has 20 valence electrons. The molecule has 0 atom stereocenters. The van der Waals surface area contributed by atoms with Gasteiger partial charge in [0, 0.05) is 6.47 Å². The van der Waals surface area contributed by atoms with Crippen molar-refractivity contribution >= 4 is 32.3 Å². The summed E-state index contributed by atoms with van der Waals surface area (Å²) in [6.45, 7) is -0.500. The summed E-state index contributed by atoms with van der Waals surface area (Å²) in [5, 5.41) is 8.25. The molecule has 0 saturated carbocycles. The van der Waals surface area contributed by atoms with E-state index in [1.165, 1.54) is 0 Å². The van der Waals surface area contributed by atoms with E-state index in [1.807, 2.05) is 0 Å². The van der Waals surface area contributed by atoms with Crippen LogP contribution < -0.4 is 5.11 Å². The minimum atomic E-state index is -0.500. The van der Waals surface area contributed by atoms with Crippen LogP contribution in [0, 0.1) is 0 Å². The molecule has 0 aliphatic heterocycles. The molecule has 3 heteroatoms. The van der Waals surface area contributed by atoms with Gasteiger partial charge in [0.25, 0.3) is 0 Å². The number of carboxylic acid groups (broad SMARTS) is 1. The smallest absolute Gasteiger partial charge is 0.554 e. The summed E-state index contributed by atoms with van der Waals surface area (Å²) in [6, 6.07) is 0. The normalized spacial score (nSPS) is 3.00. The summed E-state index contributed by atoms with van der Waals surface area (Å²) in [5.74, 6) is 0. The molecule has 0 bridgehead atoms. The number of carbonyl (C=O) groups is 1. The van der Waals surface area contributed by atoms with Crippen LogP contribution in [0.15, 0.2) is 0 Å². The van der Waals surface area contributed by atoms with E-state index in [2.05, 4.69) is 0 Å². The van der Waals surface area contributed by atoms with Gasteiger partial charge in [-0.2, -0.15) is 0 Å². The van der Waals surface area contributed by atoms with Crippen molar-refractivity contribution in [1.29, 1.82) is 0 Å². The van der Waals surface area contributed by atoms with Crippen molar-refractivity contribution in [2.24, 2.45) is 0 Å². The van der Waals surface area contributed by atoms with E-state index in [9.17, 15) is 0 Å². The van der Waals surface area contributed by atoms with Gasteiger partial charge in [0.2, 0.25) is 0 Å². The minimum Gasteiger partial charge on any atom is -0.554 e. The van der Waals surface area contributed by atoms with E-state index in [1.54, 1.807) is 0 Å². The summed E-state index contributed by atoms with van der Waals surface area (Å²) < 4.78 is 0. The van der Waals surface area contributed by atoms with Crippen LogP contribution in [-0.2, 0) is 4.79 Å². The zero-order chi connectivity index (χ0) is 2.71. The Kier molecular flexibility index (Phi) is 22.5. The molecule has 0 amide bonds. The molecule has 0 aromatic carbocycles. The molecule has 4 heavy (non-hydrogen) atoms. The number of hydrogen-bond acceptors (Lipinski definition) is 2. The van der Waals surface area contributed by atoms with E-state index in [4.69, 9.17) is 9.90 Å². The average Bonchev–Trinajstić information content (AvgIpc) is 0.918. The third-order valence-electron chi connectivity index (χ3n) is 0. The maximum Gasteiger partial charge on any atom is 1.00 e. The van der Waals surface area contributed by atoms with Gasteiger partial charge < -0.3 is 9.90 Å². The van der Waals surface area contributed by atoms with Crippen molar-refractivity contribution in [3.05, 3.63) is 0 Å². The predicted molar refractivity (Wildman–Crippen MR) is 11.8 cm³/mol. The van der Waals surface area contributed by atoms with Gasteiger partial charge >= 0.3 is 25.8 Å². The molecule has 0 aliphatic rings. The SMILES string of the molecule is O=C[O-].[In+]. The van der Waals surface area contributed by atoms with Crippen LogP contribution in [0.2, 0.25) is 0 Å². The number of carbonyl (C=O) groups excluding carboxylic acids is 1. The van der Waals surface area contributed by atoms with Crippen molar-refractivity contribution < 1.29 is 9.90 Å². The Balaban J connectivity index is 0. The maximum atomic E-state index is 8.25. The van der Waals surface area contributed by atoms with Crippen LogP contribution in [0.3, 0.4) is 0 Å². The zero-order valence-electron chi connectivity index (χ0n) is 1.97. The van der Waals surface area contributed by atoms with E-state index in [-0.39, 0.29) is 25.8 Å². The molecule has 0 saturated heterocycles. The molecule has 2 radical (unpaired) electrons. The van der Waals surface area contributed by atoms with E-state index < -0.39 is 6.47 Å². The molecular formula is CHInO2. The molecular weight excluding hydrogens is 159 g/mol. The van der Waals surface area contributed by atoms with Crippen molar-refractivity contribution in [3.8, 4) is 0 Å². The molecule has 0 aromatic heterocycles. The van der Waals surface area contributed by atoms with Crippen LogP contribution in [0.25, 0.3) is 0 Å². The summed E-state index contributed by atoms with van der Waals surface area (Å²) in [6.07, 6.45) is 0. The van der Waals surface area contributed by atoms with Gasteiger partial charge in [0.1, 0.15) is 0 Å². The second-order valence-electron chi connectivity index (χ2n) is 0.0962. The topological polar surface area (TPSA) is 40.1 Å². The Labute approximate surface area is 42.6 Å². The second kappa shape index (κ2) is 10.2. The first-order chi connectivity index (χ1) is 1.41. The summed E-state index contributed by atoms with van der Waals surface area (Å²) >= 11 is 0. The first-order valence-corrected chi connectivity index (χ1v) is 0.471. The maximum absolute atomic E-state index is 8.25. The Morgan fingerprint density at radius 1 is 1.75 bits per heavy atom. The molecule has 0 aromatic rings. The first kappa shape index (κ1) is 8.84. The van der Waals surface area contributed by atoms with E-state index in [0.29, 0.717) is 0 Å². The third kappa shape index (κ3) is 36.3. The average molecular weight is 160 g/mol. The van der Waals surface area contributed by atoms with Crippen LogP contribution in [0.1, 0.15) is 0 Å². The first-order valence-electron chi connectivity index (χ1n) is 0.471.